The molecular weight excluding hydrogens is 162 g/mol. The summed E-state index contributed by atoms with van der Waals surface area (Å²) in [6.07, 6.45) is 2.66. The van der Waals surface area contributed by atoms with Crippen molar-refractivity contribution in [3.63, 3.8) is 0 Å². The Morgan fingerprint density at radius 3 is 2.77 bits per heavy atom. The van der Waals surface area contributed by atoms with Crippen molar-refractivity contribution in [1.29, 1.82) is 0 Å². The molecule has 1 heterocycles. The van der Waals surface area contributed by atoms with Crippen LogP contribution in [0.2, 0.25) is 0 Å². The predicted molar refractivity (Wildman–Crippen MR) is 55.8 cm³/mol. The molecule has 0 aliphatic rings. The summed E-state index contributed by atoms with van der Waals surface area (Å²) in [6.45, 7) is 4.04. The molecule has 3 heteroatoms. The highest BCUT2D eigenvalue weighted by Gasteiger charge is 2.11. The molecule has 0 saturated carbocycles. The number of pyridine rings is 1. The van der Waals surface area contributed by atoms with Crippen LogP contribution in [0.4, 0.5) is 5.82 Å². The lowest BCUT2D eigenvalue weighted by molar-refractivity contribution is 0.516. The van der Waals surface area contributed by atoms with Gasteiger partial charge in [0, 0.05) is 18.8 Å². The van der Waals surface area contributed by atoms with E-state index in [9.17, 15) is 0 Å². The van der Waals surface area contributed by atoms with E-state index in [1.165, 1.54) is 5.56 Å². The van der Waals surface area contributed by atoms with Crippen LogP contribution >= 0.6 is 0 Å². The molecular formula is C10H17N3. The van der Waals surface area contributed by atoms with E-state index in [0.29, 0.717) is 0 Å². The van der Waals surface area contributed by atoms with Gasteiger partial charge in [-0.2, -0.15) is 0 Å². The third kappa shape index (κ3) is 3.42. The van der Waals surface area contributed by atoms with Gasteiger partial charge in [0.1, 0.15) is 5.82 Å². The average molecular weight is 179 g/mol. The van der Waals surface area contributed by atoms with Crippen molar-refractivity contribution in [1.82, 2.24) is 4.98 Å². The van der Waals surface area contributed by atoms with Crippen LogP contribution < -0.4 is 11.1 Å². The fourth-order valence-electron chi connectivity index (χ4n) is 1.25. The number of nitrogens with zero attached hydrogens (tertiary/aromatic N) is 1. The first kappa shape index (κ1) is 9.99. The molecule has 0 unspecified atom stereocenters. The predicted octanol–water partition coefficient (Wildman–Crippen LogP) is 1.40. The van der Waals surface area contributed by atoms with Crippen LogP contribution in [0.15, 0.2) is 18.3 Å². The number of nitrogens with two attached hydrogens (primary N) is 1. The summed E-state index contributed by atoms with van der Waals surface area (Å²) in [5, 5.41) is 3.00. The molecule has 3 N–H and O–H groups in total. The molecule has 3 nitrogen and oxygen atoms in total. The SMILES string of the molecule is CNc1cc(CC(C)(C)N)ccn1. The van der Waals surface area contributed by atoms with E-state index < -0.39 is 0 Å². The van der Waals surface area contributed by atoms with Gasteiger partial charge in [0.25, 0.3) is 0 Å². The topological polar surface area (TPSA) is 50.9 Å². The Morgan fingerprint density at radius 1 is 1.54 bits per heavy atom. The van der Waals surface area contributed by atoms with Gasteiger partial charge in [0.2, 0.25) is 0 Å². The zero-order chi connectivity index (χ0) is 9.90. The van der Waals surface area contributed by atoms with Crippen molar-refractivity contribution in [3.05, 3.63) is 23.9 Å². The number of hydrogen-bond donors (Lipinski definition) is 2. The van der Waals surface area contributed by atoms with Crippen LogP contribution in [0.3, 0.4) is 0 Å². The minimum atomic E-state index is -0.160. The average Bonchev–Trinajstić information content (AvgIpc) is 2.01. The monoisotopic (exact) mass is 179 g/mol. The molecule has 0 spiro atoms. The lowest BCUT2D eigenvalue weighted by Crippen LogP contribution is -2.34. The maximum atomic E-state index is 5.92. The third-order valence-electron chi connectivity index (χ3n) is 1.74. The molecule has 0 amide bonds. The van der Waals surface area contributed by atoms with E-state index in [1.807, 2.05) is 33.0 Å². The second kappa shape index (κ2) is 3.75. The van der Waals surface area contributed by atoms with Crippen LogP contribution in [-0.2, 0) is 6.42 Å². The molecule has 13 heavy (non-hydrogen) atoms. The van der Waals surface area contributed by atoms with Gasteiger partial charge in [0.05, 0.1) is 0 Å². The normalized spacial score (nSPS) is 11.4. The highest BCUT2D eigenvalue weighted by Crippen LogP contribution is 2.12. The van der Waals surface area contributed by atoms with Gasteiger partial charge in [-0.3, -0.25) is 0 Å². The Labute approximate surface area is 79.4 Å². The van der Waals surface area contributed by atoms with Crippen LogP contribution in [0.1, 0.15) is 19.4 Å². The van der Waals surface area contributed by atoms with Crippen molar-refractivity contribution in [3.8, 4) is 0 Å². The van der Waals surface area contributed by atoms with E-state index in [2.05, 4.69) is 10.3 Å². The first-order valence-electron chi connectivity index (χ1n) is 4.43. The number of rotatable bonds is 3. The molecule has 0 atom stereocenters. The third-order valence-corrected chi connectivity index (χ3v) is 1.74. The summed E-state index contributed by atoms with van der Waals surface area (Å²) >= 11 is 0. The van der Waals surface area contributed by atoms with Crippen LogP contribution in [0, 0.1) is 0 Å². The zero-order valence-corrected chi connectivity index (χ0v) is 8.46. The first-order chi connectivity index (χ1) is 6.01. The van der Waals surface area contributed by atoms with Crippen molar-refractivity contribution in [2.75, 3.05) is 12.4 Å². The smallest absolute Gasteiger partial charge is 0.125 e. The number of hydrogen-bond acceptors (Lipinski definition) is 3. The molecule has 72 valence electrons. The summed E-state index contributed by atoms with van der Waals surface area (Å²) in [4.78, 5) is 4.14. The molecule has 0 aromatic carbocycles. The fraction of sp³-hybridized carbons (Fsp3) is 0.500. The van der Waals surface area contributed by atoms with Gasteiger partial charge in [-0.1, -0.05) is 0 Å². The van der Waals surface area contributed by atoms with E-state index in [1.54, 1.807) is 6.20 Å². The Bertz CT molecular complexity index is 276. The zero-order valence-electron chi connectivity index (χ0n) is 8.46. The van der Waals surface area contributed by atoms with E-state index in [0.717, 1.165) is 12.2 Å². The number of nitrogens with one attached hydrogen (secondary N) is 1. The standard InChI is InChI=1S/C10H17N3/c1-10(2,11)7-8-4-5-13-9(6-8)12-3/h4-6H,7,11H2,1-3H3,(H,12,13). The van der Waals surface area contributed by atoms with Crippen molar-refractivity contribution >= 4 is 5.82 Å². The quantitative estimate of drug-likeness (QED) is 0.737. The van der Waals surface area contributed by atoms with Crippen LogP contribution in [0.25, 0.3) is 0 Å². The van der Waals surface area contributed by atoms with Crippen molar-refractivity contribution in [2.45, 2.75) is 25.8 Å². The number of aromatic nitrogens is 1. The lowest BCUT2D eigenvalue weighted by Gasteiger charge is -2.18. The minimum Gasteiger partial charge on any atom is -0.373 e. The second-order valence-corrected chi connectivity index (χ2v) is 3.96. The Morgan fingerprint density at radius 2 is 2.23 bits per heavy atom. The summed E-state index contributed by atoms with van der Waals surface area (Å²) < 4.78 is 0. The molecule has 1 aromatic heterocycles. The van der Waals surface area contributed by atoms with Gasteiger partial charge in [0.15, 0.2) is 0 Å². The Kier molecular flexibility index (Phi) is 2.88. The van der Waals surface area contributed by atoms with Gasteiger partial charge < -0.3 is 11.1 Å². The first-order valence-corrected chi connectivity index (χ1v) is 4.43. The second-order valence-electron chi connectivity index (χ2n) is 3.96. The molecule has 0 aliphatic heterocycles. The van der Waals surface area contributed by atoms with Gasteiger partial charge >= 0.3 is 0 Å². The van der Waals surface area contributed by atoms with Crippen molar-refractivity contribution in [2.24, 2.45) is 5.73 Å². The molecule has 0 aliphatic carbocycles. The van der Waals surface area contributed by atoms with Crippen molar-refractivity contribution < 1.29 is 0 Å². The Balaban J connectivity index is 2.78. The van der Waals surface area contributed by atoms with Gasteiger partial charge in [-0.05, 0) is 38.0 Å². The molecule has 0 saturated heterocycles. The Hall–Kier alpha value is -1.09. The van der Waals surface area contributed by atoms with E-state index in [-0.39, 0.29) is 5.54 Å². The molecule has 1 rings (SSSR count). The number of anilines is 1. The summed E-state index contributed by atoms with van der Waals surface area (Å²) in [6, 6.07) is 4.02. The molecule has 1 aromatic rings. The summed E-state index contributed by atoms with van der Waals surface area (Å²) in [5.41, 5.74) is 6.97. The van der Waals surface area contributed by atoms with Crippen LogP contribution in [0.5, 0.6) is 0 Å². The lowest BCUT2D eigenvalue weighted by atomic mass is 9.97. The van der Waals surface area contributed by atoms with Gasteiger partial charge in [-0.15, -0.1) is 0 Å². The minimum absolute atomic E-state index is 0.160. The maximum absolute atomic E-state index is 5.92. The molecule has 0 bridgehead atoms. The van der Waals surface area contributed by atoms with E-state index in [4.69, 9.17) is 5.73 Å². The fourth-order valence-corrected chi connectivity index (χ4v) is 1.25. The summed E-state index contributed by atoms with van der Waals surface area (Å²) in [7, 11) is 1.86. The largest absolute Gasteiger partial charge is 0.373 e. The highest BCUT2D eigenvalue weighted by molar-refractivity contribution is 5.37. The maximum Gasteiger partial charge on any atom is 0.125 e. The van der Waals surface area contributed by atoms with E-state index >= 15 is 0 Å². The van der Waals surface area contributed by atoms with Gasteiger partial charge in [-0.25, -0.2) is 4.98 Å². The highest BCUT2D eigenvalue weighted by atomic mass is 14.9. The van der Waals surface area contributed by atoms with Crippen LogP contribution in [-0.4, -0.2) is 17.6 Å². The summed E-state index contributed by atoms with van der Waals surface area (Å²) in [5.74, 6) is 0.891. The molecule has 0 fully saturated rings. The molecule has 0 radical (unpaired) electrons.